The van der Waals surface area contributed by atoms with Crippen molar-refractivity contribution in [2.75, 3.05) is 23.7 Å². The molecule has 0 amide bonds. The summed E-state index contributed by atoms with van der Waals surface area (Å²) in [6.07, 6.45) is 1.55. The van der Waals surface area contributed by atoms with E-state index in [1.807, 2.05) is 19.9 Å². The molecule has 0 saturated carbocycles. The van der Waals surface area contributed by atoms with E-state index in [4.69, 9.17) is 0 Å². The second kappa shape index (κ2) is 7.09. The van der Waals surface area contributed by atoms with Crippen LogP contribution in [0.4, 0.5) is 17.1 Å². The fourth-order valence-electron chi connectivity index (χ4n) is 1.61. The number of nitro groups is 1. The molecule has 1 aromatic carbocycles. The zero-order valence-electron chi connectivity index (χ0n) is 12.3. The van der Waals surface area contributed by atoms with Gasteiger partial charge in [0.2, 0.25) is 0 Å². The average Bonchev–Trinajstić information content (AvgIpc) is 2.43. The van der Waals surface area contributed by atoms with Crippen molar-refractivity contribution >= 4 is 17.1 Å². The van der Waals surface area contributed by atoms with E-state index in [-0.39, 0.29) is 5.69 Å². The lowest BCUT2D eigenvalue weighted by Gasteiger charge is -2.22. The first-order chi connectivity index (χ1) is 9.38. The molecule has 3 N–H and O–H groups in total. The van der Waals surface area contributed by atoms with Gasteiger partial charge in [-0.05, 0) is 25.8 Å². The van der Waals surface area contributed by atoms with E-state index in [1.165, 1.54) is 12.1 Å². The van der Waals surface area contributed by atoms with Crippen molar-refractivity contribution in [3.05, 3.63) is 28.3 Å². The van der Waals surface area contributed by atoms with Crippen LogP contribution < -0.4 is 10.6 Å². The molecule has 0 heterocycles. The van der Waals surface area contributed by atoms with E-state index in [1.54, 1.807) is 6.92 Å². The Labute approximate surface area is 119 Å². The number of nitro benzene ring substituents is 1. The van der Waals surface area contributed by atoms with Gasteiger partial charge in [0.15, 0.2) is 0 Å². The highest BCUT2D eigenvalue weighted by molar-refractivity contribution is 5.63. The molecule has 0 bridgehead atoms. The number of benzene rings is 1. The topological polar surface area (TPSA) is 87.4 Å². The van der Waals surface area contributed by atoms with Crippen LogP contribution in [0.2, 0.25) is 0 Å². The summed E-state index contributed by atoms with van der Waals surface area (Å²) in [4.78, 5) is 10.5. The summed E-state index contributed by atoms with van der Waals surface area (Å²) >= 11 is 0. The summed E-state index contributed by atoms with van der Waals surface area (Å²) in [6, 6.07) is 4.80. The third kappa shape index (κ3) is 5.05. The van der Waals surface area contributed by atoms with Crippen molar-refractivity contribution in [3.63, 3.8) is 0 Å². The Morgan fingerprint density at radius 2 is 1.85 bits per heavy atom. The second-order valence-electron chi connectivity index (χ2n) is 5.16. The maximum absolute atomic E-state index is 10.9. The van der Waals surface area contributed by atoms with E-state index in [0.717, 1.165) is 13.0 Å². The zero-order chi connectivity index (χ0) is 15.2. The maximum Gasteiger partial charge on any atom is 0.273 e. The Bertz CT molecular complexity index is 461. The first-order valence-corrected chi connectivity index (χ1v) is 6.87. The zero-order valence-corrected chi connectivity index (χ0v) is 12.3. The number of nitrogens with one attached hydrogen (secondary N) is 2. The molecule has 0 aromatic heterocycles. The number of hydrogen-bond donors (Lipinski definition) is 3. The van der Waals surface area contributed by atoms with E-state index in [0.29, 0.717) is 24.3 Å². The highest BCUT2D eigenvalue weighted by Crippen LogP contribution is 2.25. The van der Waals surface area contributed by atoms with Crippen molar-refractivity contribution in [1.82, 2.24) is 0 Å². The van der Waals surface area contributed by atoms with Gasteiger partial charge in [0.25, 0.3) is 5.69 Å². The van der Waals surface area contributed by atoms with Crippen molar-refractivity contribution in [2.45, 2.75) is 39.2 Å². The summed E-state index contributed by atoms with van der Waals surface area (Å²) in [7, 11) is 0. The molecule has 20 heavy (non-hydrogen) atoms. The van der Waals surface area contributed by atoms with Crippen LogP contribution in [0.25, 0.3) is 0 Å². The number of hydrogen-bond acceptors (Lipinski definition) is 5. The van der Waals surface area contributed by atoms with Crippen LogP contribution in [-0.4, -0.2) is 28.7 Å². The lowest BCUT2D eigenvalue weighted by atomic mass is 10.0. The molecule has 6 heteroatoms. The van der Waals surface area contributed by atoms with Crippen molar-refractivity contribution in [1.29, 1.82) is 0 Å². The highest BCUT2D eigenvalue weighted by atomic mass is 16.6. The van der Waals surface area contributed by atoms with Gasteiger partial charge in [0.1, 0.15) is 0 Å². The number of anilines is 2. The van der Waals surface area contributed by atoms with E-state index < -0.39 is 10.5 Å². The standard InChI is InChI=1S/C14H23N3O3/c1-4-6-15-11-7-12(9-13(8-11)17(19)20)16-10-14(3,18)5-2/h7-9,15-16,18H,4-6,10H2,1-3H3. The summed E-state index contributed by atoms with van der Waals surface area (Å²) in [5.41, 5.74) is 0.540. The maximum atomic E-state index is 10.9. The van der Waals surface area contributed by atoms with Gasteiger partial charge in [-0.3, -0.25) is 10.1 Å². The van der Waals surface area contributed by atoms with E-state index >= 15 is 0 Å². The van der Waals surface area contributed by atoms with Crippen LogP contribution >= 0.6 is 0 Å². The Balaban J connectivity index is 2.88. The van der Waals surface area contributed by atoms with E-state index in [2.05, 4.69) is 10.6 Å². The van der Waals surface area contributed by atoms with Gasteiger partial charge in [-0.1, -0.05) is 13.8 Å². The number of rotatable bonds is 8. The van der Waals surface area contributed by atoms with Crippen molar-refractivity contribution in [3.8, 4) is 0 Å². The minimum Gasteiger partial charge on any atom is -0.388 e. The smallest absolute Gasteiger partial charge is 0.273 e. The molecule has 0 aliphatic carbocycles. The Hall–Kier alpha value is -1.82. The van der Waals surface area contributed by atoms with Gasteiger partial charge in [-0.15, -0.1) is 0 Å². The summed E-state index contributed by atoms with van der Waals surface area (Å²) in [5, 5.41) is 27.1. The fourth-order valence-corrected chi connectivity index (χ4v) is 1.61. The first kappa shape index (κ1) is 16.2. The quantitative estimate of drug-likeness (QED) is 0.503. The van der Waals surface area contributed by atoms with Gasteiger partial charge in [0.05, 0.1) is 10.5 Å². The minimum atomic E-state index is -0.832. The molecule has 1 aromatic rings. The van der Waals surface area contributed by atoms with Gasteiger partial charge >= 0.3 is 0 Å². The van der Waals surface area contributed by atoms with Crippen molar-refractivity contribution in [2.24, 2.45) is 0 Å². The third-order valence-corrected chi connectivity index (χ3v) is 3.14. The molecule has 0 aliphatic heterocycles. The van der Waals surface area contributed by atoms with Crippen LogP contribution in [0.15, 0.2) is 18.2 Å². The molecule has 0 saturated heterocycles. The molecule has 6 nitrogen and oxygen atoms in total. The number of aliphatic hydroxyl groups is 1. The number of nitrogens with zero attached hydrogens (tertiary/aromatic N) is 1. The SMILES string of the molecule is CCCNc1cc(NCC(C)(O)CC)cc([N+](=O)[O-])c1. The van der Waals surface area contributed by atoms with E-state index in [9.17, 15) is 15.2 Å². The van der Waals surface area contributed by atoms with Gasteiger partial charge in [-0.25, -0.2) is 0 Å². The summed E-state index contributed by atoms with van der Waals surface area (Å²) < 4.78 is 0. The molecule has 1 unspecified atom stereocenters. The molecule has 0 aliphatic rings. The number of non-ortho nitro benzene ring substituents is 1. The van der Waals surface area contributed by atoms with Crippen LogP contribution in [0, 0.1) is 10.1 Å². The molecule has 0 spiro atoms. The average molecular weight is 281 g/mol. The highest BCUT2D eigenvalue weighted by Gasteiger charge is 2.18. The predicted molar refractivity (Wildman–Crippen MR) is 81.3 cm³/mol. The Morgan fingerprint density at radius 1 is 1.25 bits per heavy atom. The molecule has 1 rings (SSSR count). The Morgan fingerprint density at radius 3 is 2.35 bits per heavy atom. The molecule has 112 valence electrons. The molecule has 0 fully saturated rings. The third-order valence-electron chi connectivity index (χ3n) is 3.14. The lowest BCUT2D eigenvalue weighted by Crippen LogP contribution is -2.32. The molecule has 1 atom stereocenters. The predicted octanol–water partition coefficient (Wildman–Crippen LogP) is 2.99. The first-order valence-electron chi connectivity index (χ1n) is 6.87. The monoisotopic (exact) mass is 281 g/mol. The van der Waals surface area contributed by atoms with Crippen LogP contribution in [0.1, 0.15) is 33.6 Å². The largest absolute Gasteiger partial charge is 0.388 e. The molecular formula is C14H23N3O3. The fraction of sp³-hybridized carbons (Fsp3) is 0.571. The van der Waals surface area contributed by atoms with Crippen LogP contribution in [-0.2, 0) is 0 Å². The van der Waals surface area contributed by atoms with Gasteiger partial charge in [-0.2, -0.15) is 0 Å². The summed E-state index contributed by atoms with van der Waals surface area (Å²) in [6.45, 7) is 6.75. The van der Waals surface area contributed by atoms with Crippen molar-refractivity contribution < 1.29 is 10.0 Å². The molecular weight excluding hydrogens is 258 g/mol. The van der Waals surface area contributed by atoms with Crippen LogP contribution in [0.3, 0.4) is 0 Å². The minimum absolute atomic E-state index is 0.0322. The van der Waals surface area contributed by atoms with Gasteiger partial charge < -0.3 is 15.7 Å². The van der Waals surface area contributed by atoms with Crippen LogP contribution in [0.5, 0.6) is 0 Å². The second-order valence-corrected chi connectivity index (χ2v) is 5.16. The normalized spacial score (nSPS) is 13.6. The Kier molecular flexibility index (Phi) is 5.76. The lowest BCUT2D eigenvalue weighted by molar-refractivity contribution is -0.384. The molecule has 0 radical (unpaired) electrons. The summed E-state index contributed by atoms with van der Waals surface area (Å²) in [5.74, 6) is 0. The van der Waals surface area contributed by atoms with Gasteiger partial charge in [0, 0.05) is 36.6 Å².